The third-order valence-corrected chi connectivity index (χ3v) is 5.96. The monoisotopic (exact) mass is 463 g/mol. The van der Waals surface area contributed by atoms with Crippen LogP contribution in [-0.2, 0) is 16.0 Å². The smallest absolute Gasteiger partial charge is 0.321 e. The van der Waals surface area contributed by atoms with Crippen molar-refractivity contribution in [3.05, 3.63) is 72.1 Å². The number of hydrogen-bond donors (Lipinski definition) is 0. The summed E-state index contributed by atoms with van der Waals surface area (Å²) in [4.78, 5) is 22.3. The lowest BCUT2D eigenvalue weighted by Gasteiger charge is -2.28. The Morgan fingerprint density at radius 2 is 1.65 bits per heavy atom. The summed E-state index contributed by atoms with van der Waals surface area (Å²) in [6.45, 7) is 4.46. The number of methoxy groups -OCH3 is 2. The summed E-state index contributed by atoms with van der Waals surface area (Å²) < 4.78 is 23.3. The van der Waals surface area contributed by atoms with Crippen molar-refractivity contribution < 1.29 is 23.7 Å². The first-order chi connectivity index (χ1) is 16.5. The Morgan fingerprint density at radius 1 is 1.00 bits per heavy atom. The second kappa shape index (κ2) is 10.2. The van der Waals surface area contributed by atoms with Crippen molar-refractivity contribution >= 4 is 6.29 Å². The average Bonchev–Trinajstić information content (AvgIpc) is 3.12. The van der Waals surface area contributed by atoms with Crippen LogP contribution in [0.3, 0.4) is 0 Å². The van der Waals surface area contributed by atoms with Gasteiger partial charge in [0, 0.05) is 18.9 Å². The van der Waals surface area contributed by atoms with E-state index in [1.165, 1.54) is 0 Å². The zero-order chi connectivity index (χ0) is 24.1. The van der Waals surface area contributed by atoms with Crippen LogP contribution in [0, 0.1) is 0 Å². The lowest BCUT2D eigenvalue weighted by Crippen LogP contribution is -2.43. The van der Waals surface area contributed by atoms with Crippen molar-refractivity contribution in [2.75, 3.05) is 20.8 Å². The molecule has 0 N–H and O–H groups in total. The molecular weight excluding hydrogens is 434 g/mol. The van der Waals surface area contributed by atoms with E-state index in [1.807, 2.05) is 56.3 Å². The van der Waals surface area contributed by atoms with Crippen molar-refractivity contribution in [1.82, 2.24) is 14.9 Å². The summed E-state index contributed by atoms with van der Waals surface area (Å²) in [5.74, 6) is 1.96. The van der Waals surface area contributed by atoms with Crippen LogP contribution in [0.15, 0.2) is 60.9 Å². The molecule has 0 spiro atoms. The first kappa shape index (κ1) is 23.7. The quantitative estimate of drug-likeness (QED) is 0.437. The van der Waals surface area contributed by atoms with E-state index in [-0.39, 0.29) is 0 Å². The summed E-state index contributed by atoms with van der Waals surface area (Å²) in [6.07, 6.45) is 4.44. The summed E-state index contributed by atoms with van der Waals surface area (Å²) >= 11 is 0. The predicted molar refractivity (Wildman–Crippen MR) is 126 cm³/mol. The molecule has 4 rings (SSSR count). The zero-order valence-corrected chi connectivity index (χ0v) is 19.8. The zero-order valence-electron chi connectivity index (χ0n) is 19.8. The Kier molecular flexibility index (Phi) is 7.09. The van der Waals surface area contributed by atoms with Gasteiger partial charge >= 0.3 is 6.01 Å². The molecule has 1 fully saturated rings. The Labute approximate surface area is 199 Å². The van der Waals surface area contributed by atoms with Gasteiger partial charge in [0.2, 0.25) is 0 Å². The van der Waals surface area contributed by atoms with Crippen molar-refractivity contribution in [2.24, 2.45) is 0 Å². The first-order valence-electron chi connectivity index (χ1n) is 11.1. The van der Waals surface area contributed by atoms with E-state index in [0.29, 0.717) is 36.2 Å². The Hall–Kier alpha value is -3.49. The summed E-state index contributed by atoms with van der Waals surface area (Å²) in [5, 5.41) is 0. The highest BCUT2D eigenvalue weighted by molar-refractivity contribution is 5.61. The summed E-state index contributed by atoms with van der Waals surface area (Å²) in [7, 11) is 3.23. The van der Waals surface area contributed by atoms with Crippen LogP contribution in [-0.4, -0.2) is 53.6 Å². The lowest BCUT2D eigenvalue weighted by molar-refractivity contribution is -0.113. The van der Waals surface area contributed by atoms with Crippen LogP contribution in [0.5, 0.6) is 23.3 Å². The SMILES string of the molecule is COc1cccc(OC)c1C1OC(C)(C)C(C=O)N1CCc1ccc(Oc2ncccn2)cc1. The molecular formula is C26H29N3O5. The van der Waals surface area contributed by atoms with E-state index in [0.717, 1.165) is 17.4 Å². The molecule has 0 amide bonds. The van der Waals surface area contributed by atoms with E-state index in [4.69, 9.17) is 18.9 Å². The van der Waals surface area contributed by atoms with Gasteiger partial charge in [-0.2, -0.15) is 0 Å². The molecule has 2 atom stereocenters. The van der Waals surface area contributed by atoms with Crippen LogP contribution in [0.1, 0.15) is 31.2 Å². The molecule has 0 bridgehead atoms. The highest BCUT2D eigenvalue weighted by Crippen LogP contribution is 2.46. The number of benzene rings is 2. The molecule has 2 heterocycles. The van der Waals surface area contributed by atoms with Gasteiger partial charge in [-0.05, 0) is 56.2 Å². The summed E-state index contributed by atoms with van der Waals surface area (Å²) in [6, 6.07) is 15.0. The average molecular weight is 464 g/mol. The maximum atomic E-state index is 12.1. The number of aldehydes is 1. The van der Waals surface area contributed by atoms with Gasteiger partial charge in [-0.15, -0.1) is 0 Å². The molecule has 0 aliphatic carbocycles. The highest BCUT2D eigenvalue weighted by atomic mass is 16.5. The van der Waals surface area contributed by atoms with Gasteiger partial charge in [0.25, 0.3) is 0 Å². The number of aromatic nitrogens is 2. The molecule has 0 saturated carbocycles. The standard InChI is InChI=1S/C26H29N3O5/c1-26(2)22(17-30)29(24(34-26)23-20(31-3)7-5-8-21(23)32-4)16-13-18-9-11-19(12-10-18)33-25-27-14-6-15-28-25/h5-12,14-15,17,22,24H,13,16H2,1-4H3. The van der Waals surface area contributed by atoms with Crippen molar-refractivity contribution in [3.63, 3.8) is 0 Å². The number of carbonyl (C=O) groups is 1. The van der Waals surface area contributed by atoms with Gasteiger partial charge in [0.05, 0.1) is 31.4 Å². The van der Waals surface area contributed by atoms with Crippen LogP contribution < -0.4 is 14.2 Å². The van der Waals surface area contributed by atoms with E-state index < -0.39 is 17.9 Å². The number of carbonyl (C=O) groups excluding carboxylic acids is 1. The number of nitrogens with zero attached hydrogens (tertiary/aromatic N) is 3. The highest BCUT2D eigenvalue weighted by Gasteiger charge is 2.49. The molecule has 178 valence electrons. The molecule has 1 aliphatic rings. The number of rotatable bonds is 9. The Balaban J connectivity index is 1.55. The van der Waals surface area contributed by atoms with Gasteiger partial charge in [-0.3, -0.25) is 4.90 Å². The lowest BCUT2D eigenvalue weighted by atomic mass is 9.99. The topological polar surface area (TPSA) is 83.0 Å². The van der Waals surface area contributed by atoms with Crippen molar-refractivity contribution in [2.45, 2.75) is 38.1 Å². The minimum absolute atomic E-state index is 0.300. The van der Waals surface area contributed by atoms with Gasteiger partial charge < -0.3 is 23.7 Å². The molecule has 8 nitrogen and oxygen atoms in total. The van der Waals surface area contributed by atoms with Crippen molar-refractivity contribution in [3.8, 4) is 23.3 Å². The molecule has 3 aromatic rings. The molecule has 2 unspecified atom stereocenters. The van der Waals surface area contributed by atoms with Crippen LogP contribution in [0.25, 0.3) is 0 Å². The van der Waals surface area contributed by atoms with Gasteiger partial charge in [0.1, 0.15) is 29.8 Å². The fourth-order valence-corrected chi connectivity index (χ4v) is 4.24. The Morgan fingerprint density at radius 3 is 2.24 bits per heavy atom. The fraction of sp³-hybridized carbons (Fsp3) is 0.346. The van der Waals surface area contributed by atoms with Crippen LogP contribution >= 0.6 is 0 Å². The molecule has 0 radical (unpaired) electrons. The normalized spacial score (nSPS) is 19.5. The third kappa shape index (κ3) is 4.88. The molecule has 2 aromatic carbocycles. The van der Waals surface area contributed by atoms with Crippen LogP contribution in [0.2, 0.25) is 0 Å². The maximum Gasteiger partial charge on any atom is 0.321 e. The van der Waals surface area contributed by atoms with Gasteiger partial charge in [-0.1, -0.05) is 18.2 Å². The number of hydrogen-bond acceptors (Lipinski definition) is 8. The van der Waals surface area contributed by atoms with E-state index in [9.17, 15) is 4.79 Å². The van der Waals surface area contributed by atoms with Crippen molar-refractivity contribution in [1.29, 1.82) is 0 Å². The summed E-state index contributed by atoms with van der Waals surface area (Å²) in [5.41, 5.74) is 1.20. The first-order valence-corrected chi connectivity index (χ1v) is 11.1. The molecule has 1 saturated heterocycles. The molecule has 1 aromatic heterocycles. The van der Waals surface area contributed by atoms with Gasteiger partial charge in [0.15, 0.2) is 0 Å². The third-order valence-electron chi connectivity index (χ3n) is 5.96. The molecule has 1 aliphatic heterocycles. The molecule has 34 heavy (non-hydrogen) atoms. The predicted octanol–water partition coefficient (Wildman–Crippen LogP) is 4.21. The minimum atomic E-state index is -0.675. The largest absolute Gasteiger partial charge is 0.496 e. The van der Waals surface area contributed by atoms with Gasteiger partial charge in [-0.25, -0.2) is 9.97 Å². The second-order valence-corrected chi connectivity index (χ2v) is 8.50. The maximum absolute atomic E-state index is 12.1. The van der Waals surface area contributed by atoms with E-state index >= 15 is 0 Å². The molecule has 8 heteroatoms. The fourth-order valence-electron chi connectivity index (χ4n) is 4.24. The van der Waals surface area contributed by atoms with Crippen LogP contribution in [0.4, 0.5) is 0 Å². The number of ether oxygens (including phenoxy) is 4. The van der Waals surface area contributed by atoms with E-state index in [1.54, 1.807) is 32.7 Å². The minimum Gasteiger partial charge on any atom is -0.496 e. The Bertz CT molecular complexity index is 1080. The second-order valence-electron chi connectivity index (χ2n) is 8.50. The van der Waals surface area contributed by atoms with E-state index in [2.05, 4.69) is 14.9 Å².